The zero-order valence-electron chi connectivity index (χ0n) is 13.5. The lowest BCUT2D eigenvalue weighted by Gasteiger charge is -2.49. The van der Waals surface area contributed by atoms with Gasteiger partial charge in [0.2, 0.25) is 0 Å². The molecule has 0 unspecified atom stereocenters. The zero-order chi connectivity index (χ0) is 16.7. The van der Waals surface area contributed by atoms with Gasteiger partial charge in [0.05, 0.1) is 5.02 Å². The van der Waals surface area contributed by atoms with Crippen LogP contribution in [0.2, 0.25) is 5.02 Å². The minimum Gasteiger partial charge on any atom is -0.451 e. The number of fused-ring (bicyclic) bond motifs is 3. The van der Waals surface area contributed by atoms with Gasteiger partial charge in [0.1, 0.15) is 5.76 Å². The molecule has 2 aromatic heterocycles. The standard InChI is InChI=1S/C18H20ClN3O2/c1-11-17(12-4-6-22(11)7-5-12)21-18(23)16-3-2-15(24-16)13-8-14(19)10-20-9-13/h2-3,8-12,17H,4-7H2,1H3,(H,21,23)/t11-,17-/m0/s1. The van der Waals surface area contributed by atoms with E-state index >= 15 is 0 Å². The van der Waals surface area contributed by atoms with Crippen molar-refractivity contribution in [2.45, 2.75) is 31.8 Å². The highest BCUT2D eigenvalue weighted by atomic mass is 35.5. The van der Waals surface area contributed by atoms with Crippen molar-refractivity contribution in [3.05, 3.63) is 41.4 Å². The maximum atomic E-state index is 12.6. The molecule has 126 valence electrons. The van der Waals surface area contributed by atoms with Gasteiger partial charge in [-0.3, -0.25) is 14.7 Å². The number of halogens is 1. The molecule has 3 aliphatic heterocycles. The van der Waals surface area contributed by atoms with Crippen LogP contribution in [-0.4, -0.2) is 41.0 Å². The zero-order valence-corrected chi connectivity index (χ0v) is 14.3. The second kappa shape index (κ2) is 6.22. The molecular weight excluding hydrogens is 326 g/mol. The summed E-state index contributed by atoms with van der Waals surface area (Å²) in [7, 11) is 0. The quantitative estimate of drug-likeness (QED) is 0.928. The second-order valence-corrected chi connectivity index (χ2v) is 7.11. The summed E-state index contributed by atoms with van der Waals surface area (Å²) in [6.07, 6.45) is 5.55. The van der Waals surface area contributed by atoms with Crippen LogP contribution >= 0.6 is 11.6 Å². The third kappa shape index (κ3) is 2.82. The lowest BCUT2D eigenvalue weighted by molar-refractivity contribution is 0.0211. The molecular formula is C18H20ClN3O2. The molecule has 24 heavy (non-hydrogen) atoms. The fourth-order valence-electron chi connectivity index (χ4n) is 3.93. The van der Waals surface area contributed by atoms with Gasteiger partial charge in [0, 0.05) is 30.0 Å². The van der Waals surface area contributed by atoms with E-state index in [1.807, 2.05) is 0 Å². The fraction of sp³-hybridized carbons (Fsp3) is 0.444. The molecule has 1 N–H and O–H groups in total. The van der Waals surface area contributed by atoms with E-state index in [4.69, 9.17) is 16.0 Å². The summed E-state index contributed by atoms with van der Waals surface area (Å²) in [6.45, 7) is 4.48. The number of furan rings is 1. The predicted octanol–water partition coefficient (Wildman–Crippen LogP) is 3.21. The van der Waals surface area contributed by atoms with Gasteiger partial charge in [-0.05, 0) is 57.0 Å². The van der Waals surface area contributed by atoms with Gasteiger partial charge in [-0.2, -0.15) is 0 Å². The number of carbonyl (C=O) groups is 1. The Bertz CT molecular complexity index is 750. The summed E-state index contributed by atoms with van der Waals surface area (Å²) in [6, 6.07) is 5.83. The van der Waals surface area contributed by atoms with Gasteiger partial charge in [0.25, 0.3) is 5.91 Å². The van der Waals surface area contributed by atoms with Gasteiger partial charge in [-0.25, -0.2) is 0 Å². The molecule has 0 saturated carbocycles. The minimum atomic E-state index is -0.151. The molecule has 3 fully saturated rings. The summed E-state index contributed by atoms with van der Waals surface area (Å²) < 4.78 is 5.72. The largest absolute Gasteiger partial charge is 0.451 e. The number of nitrogens with zero attached hydrogens (tertiary/aromatic N) is 2. The van der Waals surface area contributed by atoms with E-state index in [2.05, 4.69) is 22.1 Å². The Kier molecular flexibility index (Phi) is 4.06. The molecule has 0 aliphatic carbocycles. The highest BCUT2D eigenvalue weighted by Gasteiger charge is 2.40. The molecule has 5 nitrogen and oxygen atoms in total. The average molecular weight is 346 g/mol. The first-order chi connectivity index (χ1) is 11.6. The van der Waals surface area contributed by atoms with Crippen molar-refractivity contribution < 1.29 is 9.21 Å². The third-order valence-electron chi connectivity index (χ3n) is 5.29. The Labute approximate surface area is 146 Å². The Morgan fingerprint density at radius 2 is 2.12 bits per heavy atom. The highest BCUT2D eigenvalue weighted by Crippen LogP contribution is 2.32. The summed E-state index contributed by atoms with van der Waals surface area (Å²) in [5.74, 6) is 1.34. The van der Waals surface area contributed by atoms with Crippen molar-refractivity contribution >= 4 is 17.5 Å². The smallest absolute Gasteiger partial charge is 0.287 e. The van der Waals surface area contributed by atoms with Gasteiger partial charge in [0.15, 0.2) is 5.76 Å². The number of piperidine rings is 3. The van der Waals surface area contributed by atoms with Gasteiger partial charge >= 0.3 is 0 Å². The van der Waals surface area contributed by atoms with Crippen LogP contribution < -0.4 is 5.32 Å². The Balaban J connectivity index is 1.49. The van der Waals surface area contributed by atoms with Crippen LogP contribution in [0.1, 0.15) is 30.3 Å². The highest BCUT2D eigenvalue weighted by molar-refractivity contribution is 6.30. The number of carbonyl (C=O) groups excluding carboxylic acids is 1. The second-order valence-electron chi connectivity index (χ2n) is 6.67. The molecule has 2 bridgehead atoms. The monoisotopic (exact) mass is 345 g/mol. The van der Waals surface area contributed by atoms with E-state index in [9.17, 15) is 4.79 Å². The number of pyridine rings is 1. The van der Waals surface area contributed by atoms with Gasteiger partial charge in [-0.15, -0.1) is 0 Å². The molecule has 0 aromatic carbocycles. The van der Waals surface area contributed by atoms with E-state index in [0.717, 1.165) is 31.5 Å². The molecule has 2 atom stereocenters. The molecule has 0 radical (unpaired) electrons. The number of hydrogen-bond acceptors (Lipinski definition) is 4. The average Bonchev–Trinajstić information content (AvgIpc) is 3.09. The number of rotatable bonds is 3. The van der Waals surface area contributed by atoms with E-state index in [-0.39, 0.29) is 11.9 Å². The SMILES string of the molecule is C[C@H]1[C@H](NC(=O)c2ccc(-c3cncc(Cl)c3)o2)C2CCN1CC2. The van der Waals surface area contributed by atoms with Crippen molar-refractivity contribution in [2.75, 3.05) is 13.1 Å². The number of nitrogens with one attached hydrogen (secondary N) is 1. The van der Waals surface area contributed by atoms with E-state index in [1.54, 1.807) is 30.6 Å². The summed E-state index contributed by atoms with van der Waals surface area (Å²) in [5.41, 5.74) is 0.762. The lowest BCUT2D eigenvalue weighted by atomic mass is 9.79. The molecule has 3 aliphatic rings. The van der Waals surface area contributed by atoms with Crippen molar-refractivity contribution in [3.63, 3.8) is 0 Å². The van der Waals surface area contributed by atoms with Crippen LogP contribution in [0.4, 0.5) is 0 Å². The van der Waals surface area contributed by atoms with Crippen LogP contribution in [0.15, 0.2) is 35.0 Å². The maximum absolute atomic E-state index is 12.6. The van der Waals surface area contributed by atoms with Crippen molar-refractivity contribution in [1.82, 2.24) is 15.2 Å². The van der Waals surface area contributed by atoms with E-state index < -0.39 is 0 Å². The molecule has 2 aromatic rings. The van der Waals surface area contributed by atoms with Crippen LogP contribution in [-0.2, 0) is 0 Å². The number of hydrogen-bond donors (Lipinski definition) is 1. The van der Waals surface area contributed by atoms with Crippen LogP contribution in [0.3, 0.4) is 0 Å². The first kappa shape index (κ1) is 15.7. The normalized spacial score (nSPS) is 28.8. The third-order valence-corrected chi connectivity index (χ3v) is 5.50. The van der Waals surface area contributed by atoms with Crippen molar-refractivity contribution in [1.29, 1.82) is 0 Å². The summed E-state index contributed by atoms with van der Waals surface area (Å²) in [5, 5.41) is 3.71. The topological polar surface area (TPSA) is 58.4 Å². The summed E-state index contributed by atoms with van der Waals surface area (Å²) >= 11 is 5.96. The first-order valence-corrected chi connectivity index (χ1v) is 8.75. The molecule has 0 spiro atoms. The fourth-order valence-corrected chi connectivity index (χ4v) is 4.10. The van der Waals surface area contributed by atoms with E-state index in [1.165, 1.54) is 0 Å². The van der Waals surface area contributed by atoms with Crippen molar-refractivity contribution in [3.8, 4) is 11.3 Å². The molecule has 6 heteroatoms. The Morgan fingerprint density at radius 3 is 2.83 bits per heavy atom. The predicted molar refractivity (Wildman–Crippen MR) is 92.0 cm³/mol. The minimum absolute atomic E-state index is 0.151. The van der Waals surface area contributed by atoms with Crippen LogP contribution in [0.5, 0.6) is 0 Å². The molecule has 3 saturated heterocycles. The Hall–Kier alpha value is -1.85. The molecule has 5 rings (SSSR count). The molecule has 5 heterocycles. The molecule has 1 amide bonds. The first-order valence-electron chi connectivity index (χ1n) is 8.37. The van der Waals surface area contributed by atoms with Crippen LogP contribution in [0, 0.1) is 5.92 Å². The lowest BCUT2D eigenvalue weighted by Crippen LogP contribution is -2.62. The van der Waals surface area contributed by atoms with Crippen molar-refractivity contribution in [2.24, 2.45) is 5.92 Å². The number of amides is 1. The maximum Gasteiger partial charge on any atom is 0.287 e. The van der Waals surface area contributed by atoms with E-state index in [0.29, 0.717) is 28.5 Å². The van der Waals surface area contributed by atoms with Crippen LogP contribution in [0.25, 0.3) is 11.3 Å². The number of aromatic nitrogens is 1. The Morgan fingerprint density at radius 1 is 1.33 bits per heavy atom. The van der Waals surface area contributed by atoms with Gasteiger partial charge < -0.3 is 9.73 Å². The summed E-state index contributed by atoms with van der Waals surface area (Å²) in [4.78, 5) is 19.1. The van der Waals surface area contributed by atoms with Gasteiger partial charge in [-0.1, -0.05) is 11.6 Å².